The summed E-state index contributed by atoms with van der Waals surface area (Å²) < 4.78 is 20.3. The molecule has 5 nitrogen and oxygen atoms in total. The molecule has 1 rings (SSSR count). The van der Waals surface area contributed by atoms with Crippen LogP contribution >= 0.6 is 0 Å². The van der Waals surface area contributed by atoms with Gasteiger partial charge in [0.1, 0.15) is 11.5 Å². The Kier molecular flexibility index (Phi) is 5.45. The molecule has 0 aromatic heterocycles. The number of methoxy groups -OCH3 is 2. The van der Waals surface area contributed by atoms with Gasteiger partial charge in [0.25, 0.3) is 0 Å². The van der Waals surface area contributed by atoms with Gasteiger partial charge in [-0.15, -0.1) is 0 Å². The lowest BCUT2D eigenvalue weighted by Crippen LogP contribution is -2.06. The second kappa shape index (κ2) is 6.88. The molecule has 0 N–H and O–H groups in total. The largest absolute Gasteiger partial charge is 0.467 e. The summed E-state index contributed by atoms with van der Waals surface area (Å²) in [6.45, 7) is 2.03. The highest BCUT2D eigenvalue weighted by Gasteiger charge is 2.12. The maximum Gasteiger partial charge on any atom is 0.188 e. The minimum atomic E-state index is 0.0788. The molecular formula is C12H16O5. The molecule has 0 bridgehead atoms. The minimum absolute atomic E-state index is 0.0788. The van der Waals surface area contributed by atoms with Crippen molar-refractivity contribution in [3.8, 4) is 11.5 Å². The number of carbonyl (C=O) groups is 1. The molecule has 0 heterocycles. The van der Waals surface area contributed by atoms with Crippen LogP contribution in [0.25, 0.3) is 0 Å². The normalized spacial score (nSPS) is 10.1. The Morgan fingerprint density at radius 2 is 1.76 bits per heavy atom. The first-order chi connectivity index (χ1) is 8.24. The van der Waals surface area contributed by atoms with Crippen LogP contribution < -0.4 is 9.47 Å². The van der Waals surface area contributed by atoms with Gasteiger partial charge in [0.2, 0.25) is 0 Å². The highest BCUT2D eigenvalue weighted by atomic mass is 16.7. The molecule has 0 aliphatic rings. The van der Waals surface area contributed by atoms with Crippen molar-refractivity contribution in [3.05, 3.63) is 23.3 Å². The lowest BCUT2D eigenvalue weighted by atomic mass is 10.1. The molecule has 0 saturated heterocycles. The predicted molar refractivity (Wildman–Crippen MR) is 61.6 cm³/mol. The molecule has 0 fully saturated rings. The molecular weight excluding hydrogens is 224 g/mol. The predicted octanol–water partition coefficient (Wildman–Crippen LogP) is 1.77. The summed E-state index contributed by atoms with van der Waals surface area (Å²) in [5.41, 5.74) is 1.20. The average Bonchev–Trinajstić information content (AvgIpc) is 2.35. The van der Waals surface area contributed by atoms with E-state index in [1.807, 2.05) is 6.92 Å². The van der Waals surface area contributed by atoms with Crippen molar-refractivity contribution in [3.63, 3.8) is 0 Å². The zero-order valence-electron chi connectivity index (χ0n) is 10.2. The van der Waals surface area contributed by atoms with Crippen LogP contribution in [0.15, 0.2) is 12.1 Å². The fourth-order valence-electron chi connectivity index (χ4n) is 1.38. The van der Waals surface area contributed by atoms with Gasteiger partial charge < -0.3 is 18.9 Å². The number of ether oxygens (including phenoxy) is 4. The van der Waals surface area contributed by atoms with Crippen molar-refractivity contribution < 1.29 is 23.7 Å². The van der Waals surface area contributed by atoms with Crippen LogP contribution in [0.4, 0.5) is 0 Å². The number of hydrogen-bond acceptors (Lipinski definition) is 5. The van der Waals surface area contributed by atoms with Gasteiger partial charge in [0.05, 0.1) is 5.56 Å². The van der Waals surface area contributed by atoms with Crippen LogP contribution in [-0.2, 0) is 9.47 Å². The van der Waals surface area contributed by atoms with Gasteiger partial charge in [-0.25, -0.2) is 0 Å². The number of aldehydes is 1. The van der Waals surface area contributed by atoms with Crippen LogP contribution in [0.2, 0.25) is 0 Å². The second-order valence-electron chi connectivity index (χ2n) is 3.33. The molecule has 1 aromatic carbocycles. The van der Waals surface area contributed by atoms with Gasteiger partial charge in [-0.05, 0) is 19.1 Å². The zero-order valence-corrected chi connectivity index (χ0v) is 10.2. The Morgan fingerprint density at radius 1 is 1.12 bits per heavy atom. The number of rotatable bonds is 7. The third-order valence-electron chi connectivity index (χ3n) is 2.17. The third kappa shape index (κ3) is 3.44. The fraction of sp³-hybridized carbons (Fsp3) is 0.417. The van der Waals surface area contributed by atoms with Crippen LogP contribution in [-0.4, -0.2) is 34.1 Å². The minimum Gasteiger partial charge on any atom is -0.467 e. The topological polar surface area (TPSA) is 54.0 Å². The van der Waals surface area contributed by atoms with Gasteiger partial charge in [-0.2, -0.15) is 0 Å². The molecule has 0 aliphatic carbocycles. The molecule has 0 amide bonds. The first-order valence-electron chi connectivity index (χ1n) is 5.06. The van der Waals surface area contributed by atoms with E-state index in [0.717, 1.165) is 11.8 Å². The maximum absolute atomic E-state index is 10.9. The summed E-state index contributed by atoms with van der Waals surface area (Å²) >= 11 is 0. The van der Waals surface area contributed by atoms with Crippen LogP contribution in [0, 0.1) is 6.92 Å². The van der Waals surface area contributed by atoms with Gasteiger partial charge >= 0.3 is 0 Å². The molecule has 0 unspecified atom stereocenters. The third-order valence-corrected chi connectivity index (χ3v) is 2.17. The SMILES string of the molecule is COCOc1ccc(C=O)c(OCOC)c1C. The van der Waals surface area contributed by atoms with Crippen molar-refractivity contribution in [2.75, 3.05) is 27.8 Å². The van der Waals surface area contributed by atoms with E-state index in [-0.39, 0.29) is 13.6 Å². The molecule has 0 atom stereocenters. The molecule has 0 radical (unpaired) electrons. The Labute approximate surface area is 100 Å². The zero-order chi connectivity index (χ0) is 12.7. The van der Waals surface area contributed by atoms with E-state index in [0.29, 0.717) is 17.1 Å². The van der Waals surface area contributed by atoms with Crippen molar-refractivity contribution in [2.45, 2.75) is 6.92 Å². The van der Waals surface area contributed by atoms with Crippen molar-refractivity contribution >= 4 is 6.29 Å². The van der Waals surface area contributed by atoms with Crippen LogP contribution in [0.3, 0.4) is 0 Å². The van der Waals surface area contributed by atoms with Crippen molar-refractivity contribution in [1.82, 2.24) is 0 Å². The van der Waals surface area contributed by atoms with Crippen LogP contribution in [0.5, 0.6) is 11.5 Å². The van der Waals surface area contributed by atoms with Crippen molar-refractivity contribution in [2.24, 2.45) is 0 Å². The Balaban J connectivity index is 2.99. The van der Waals surface area contributed by atoms with E-state index in [1.54, 1.807) is 12.1 Å². The molecule has 1 aromatic rings. The summed E-state index contributed by atoms with van der Waals surface area (Å²) in [5.74, 6) is 1.08. The Bertz CT molecular complexity index is 375. The van der Waals surface area contributed by atoms with E-state index < -0.39 is 0 Å². The molecule has 0 aliphatic heterocycles. The van der Waals surface area contributed by atoms with E-state index in [9.17, 15) is 4.79 Å². The fourth-order valence-corrected chi connectivity index (χ4v) is 1.38. The summed E-state index contributed by atoms with van der Waals surface area (Å²) in [7, 11) is 3.05. The summed E-state index contributed by atoms with van der Waals surface area (Å²) in [4.78, 5) is 10.9. The standard InChI is InChI=1S/C12H16O5/c1-9-11(16-7-14-2)5-4-10(6-13)12(9)17-8-15-3/h4-6H,7-8H2,1-3H3. The number of carbonyl (C=O) groups excluding carboxylic acids is 1. The molecule has 0 spiro atoms. The van der Waals surface area contributed by atoms with E-state index >= 15 is 0 Å². The first kappa shape index (κ1) is 13.5. The molecule has 17 heavy (non-hydrogen) atoms. The molecule has 94 valence electrons. The van der Waals surface area contributed by atoms with Crippen LogP contribution in [0.1, 0.15) is 15.9 Å². The quantitative estimate of drug-likeness (QED) is 0.537. The Hall–Kier alpha value is -1.59. The van der Waals surface area contributed by atoms with Gasteiger partial charge in [-0.3, -0.25) is 4.79 Å². The highest BCUT2D eigenvalue weighted by Crippen LogP contribution is 2.30. The smallest absolute Gasteiger partial charge is 0.188 e. The van der Waals surface area contributed by atoms with E-state index in [4.69, 9.17) is 18.9 Å². The average molecular weight is 240 g/mol. The summed E-state index contributed by atoms with van der Waals surface area (Å²) in [5, 5.41) is 0. The summed E-state index contributed by atoms with van der Waals surface area (Å²) in [6.07, 6.45) is 0.734. The Morgan fingerprint density at radius 3 is 2.35 bits per heavy atom. The highest BCUT2D eigenvalue weighted by molar-refractivity contribution is 5.81. The lowest BCUT2D eigenvalue weighted by molar-refractivity contribution is 0.0447. The van der Waals surface area contributed by atoms with Gasteiger partial charge in [0, 0.05) is 19.8 Å². The monoisotopic (exact) mass is 240 g/mol. The number of benzene rings is 1. The van der Waals surface area contributed by atoms with E-state index in [2.05, 4.69) is 0 Å². The second-order valence-corrected chi connectivity index (χ2v) is 3.33. The van der Waals surface area contributed by atoms with E-state index in [1.165, 1.54) is 14.2 Å². The lowest BCUT2D eigenvalue weighted by Gasteiger charge is -2.14. The number of hydrogen-bond donors (Lipinski definition) is 0. The maximum atomic E-state index is 10.9. The summed E-state index contributed by atoms with van der Waals surface area (Å²) in [6, 6.07) is 3.34. The van der Waals surface area contributed by atoms with Gasteiger partial charge in [0.15, 0.2) is 19.9 Å². The van der Waals surface area contributed by atoms with Gasteiger partial charge in [-0.1, -0.05) is 0 Å². The van der Waals surface area contributed by atoms with Crippen molar-refractivity contribution in [1.29, 1.82) is 0 Å². The molecule has 5 heteroatoms. The molecule has 0 saturated carbocycles. The first-order valence-corrected chi connectivity index (χ1v) is 5.06.